The summed E-state index contributed by atoms with van der Waals surface area (Å²) in [6, 6.07) is 0.574. The first-order valence-corrected chi connectivity index (χ1v) is 8.31. The van der Waals surface area contributed by atoms with Crippen molar-refractivity contribution in [1.82, 2.24) is 10.2 Å². The average molecular weight is 274 g/mol. The van der Waals surface area contributed by atoms with E-state index in [0.717, 1.165) is 32.5 Å². The number of nitrogens with one attached hydrogen (secondary N) is 1. The van der Waals surface area contributed by atoms with E-state index in [1.165, 1.54) is 18.6 Å². The standard InChI is InChI=1S/C13H26N2O2S/c1-3-17-13(16)15-9-6-12(7-10-15)14-8-4-5-11-18-2/h12,14H,3-11H2,1-2H3. The molecule has 0 aromatic rings. The average Bonchev–Trinajstić information content (AvgIpc) is 2.39. The van der Waals surface area contributed by atoms with Gasteiger partial charge in [0.2, 0.25) is 0 Å². The molecule has 4 nitrogen and oxygen atoms in total. The molecule has 0 aromatic carbocycles. The topological polar surface area (TPSA) is 41.6 Å². The lowest BCUT2D eigenvalue weighted by molar-refractivity contribution is 0.0951. The van der Waals surface area contributed by atoms with Gasteiger partial charge in [-0.2, -0.15) is 11.8 Å². The van der Waals surface area contributed by atoms with Crippen LogP contribution in [0.15, 0.2) is 0 Å². The Morgan fingerprint density at radius 1 is 1.39 bits per heavy atom. The number of hydrogen-bond donors (Lipinski definition) is 1. The zero-order valence-corrected chi connectivity index (χ0v) is 12.4. The Morgan fingerprint density at radius 3 is 2.72 bits per heavy atom. The maximum absolute atomic E-state index is 11.5. The van der Waals surface area contributed by atoms with Crippen LogP contribution in [0.4, 0.5) is 4.79 Å². The molecule has 0 spiro atoms. The normalized spacial score (nSPS) is 16.9. The van der Waals surface area contributed by atoms with Gasteiger partial charge in [0, 0.05) is 19.1 Å². The molecule has 1 heterocycles. The number of ether oxygens (including phenoxy) is 1. The van der Waals surface area contributed by atoms with E-state index >= 15 is 0 Å². The van der Waals surface area contributed by atoms with Gasteiger partial charge in [-0.3, -0.25) is 0 Å². The summed E-state index contributed by atoms with van der Waals surface area (Å²) < 4.78 is 5.01. The van der Waals surface area contributed by atoms with Crippen molar-refractivity contribution < 1.29 is 9.53 Å². The van der Waals surface area contributed by atoms with Crippen molar-refractivity contribution in [3.63, 3.8) is 0 Å². The molecule has 0 saturated carbocycles. The van der Waals surface area contributed by atoms with Crippen molar-refractivity contribution in [3.05, 3.63) is 0 Å². The Bertz CT molecular complexity index is 231. The van der Waals surface area contributed by atoms with Crippen LogP contribution in [0.2, 0.25) is 0 Å². The second-order valence-corrected chi connectivity index (χ2v) is 5.60. The molecule has 0 atom stereocenters. The summed E-state index contributed by atoms with van der Waals surface area (Å²) in [6.07, 6.45) is 6.62. The molecule has 0 bridgehead atoms. The zero-order chi connectivity index (χ0) is 13.2. The minimum absolute atomic E-state index is 0.157. The van der Waals surface area contributed by atoms with Crippen LogP contribution in [-0.2, 0) is 4.74 Å². The number of rotatable bonds is 7. The number of carbonyl (C=O) groups excluding carboxylic acids is 1. The Balaban J connectivity index is 2.06. The number of amides is 1. The minimum atomic E-state index is -0.157. The van der Waals surface area contributed by atoms with E-state index in [1.807, 2.05) is 23.6 Å². The number of hydrogen-bond acceptors (Lipinski definition) is 4. The molecule has 1 rings (SSSR count). The fourth-order valence-corrected chi connectivity index (χ4v) is 2.65. The molecule has 106 valence electrons. The molecule has 5 heteroatoms. The first kappa shape index (κ1) is 15.6. The van der Waals surface area contributed by atoms with E-state index in [9.17, 15) is 4.79 Å². The Hall–Kier alpha value is -0.420. The second-order valence-electron chi connectivity index (χ2n) is 4.61. The van der Waals surface area contributed by atoms with Gasteiger partial charge >= 0.3 is 6.09 Å². The number of thioether (sulfide) groups is 1. The van der Waals surface area contributed by atoms with Gasteiger partial charge in [-0.25, -0.2) is 4.79 Å². The molecule has 0 aliphatic carbocycles. The summed E-state index contributed by atoms with van der Waals surface area (Å²) in [5.74, 6) is 1.25. The quantitative estimate of drug-likeness (QED) is 0.724. The van der Waals surface area contributed by atoms with Crippen LogP contribution >= 0.6 is 11.8 Å². The third-order valence-electron chi connectivity index (χ3n) is 3.23. The molecule has 1 aliphatic rings. The van der Waals surface area contributed by atoms with Gasteiger partial charge in [0.25, 0.3) is 0 Å². The molecule has 1 saturated heterocycles. The van der Waals surface area contributed by atoms with Crippen LogP contribution in [0.1, 0.15) is 32.6 Å². The summed E-state index contributed by atoms with van der Waals surface area (Å²) in [5, 5.41) is 3.58. The molecular weight excluding hydrogens is 248 g/mol. The van der Waals surface area contributed by atoms with Crippen molar-refractivity contribution in [2.45, 2.75) is 38.6 Å². The van der Waals surface area contributed by atoms with Crippen LogP contribution in [0.25, 0.3) is 0 Å². The van der Waals surface area contributed by atoms with Crippen LogP contribution < -0.4 is 5.32 Å². The van der Waals surface area contributed by atoms with Crippen LogP contribution in [0.5, 0.6) is 0 Å². The van der Waals surface area contributed by atoms with Gasteiger partial charge in [0.15, 0.2) is 0 Å². The molecule has 1 aliphatic heterocycles. The van der Waals surface area contributed by atoms with Gasteiger partial charge in [-0.1, -0.05) is 0 Å². The lowest BCUT2D eigenvalue weighted by Gasteiger charge is -2.31. The highest BCUT2D eigenvalue weighted by atomic mass is 32.2. The van der Waals surface area contributed by atoms with E-state index < -0.39 is 0 Å². The maximum atomic E-state index is 11.5. The lowest BCUT2D eigenvalue weighted by Crippen LogP contribution is -2.45. The summed E-state index contributed by atoms with van der Waals surface area (Å²) in [4.78, 5) is 13.3. The molecule has 1 fully saturated rings. The largest absolute Gasteiger partial charge is 0.450 e. The van der Waals surface area contributed by atoms with Crippen molar-refractivity contribution in [3.8, 4) is 0 Å². The van der Waals surface area contributed by atoms with Crippen molar-refractivity contribution in [2.75, 3.05) is 38.2 Å². The molecule has 0 unspecified atom stereocenters. The first-order chi connectivity index (χ1) is 8.77. The second kappa shape index (κ2) is 9.50. The highest BCUT2D eigenvalue weighted by Crippen LogP contribution is 2.11. The molecule has 18 heavy (non-hydrogen) atoms. The molecule has 1 N–H and O–H groups in total. The van der Waals surface area contributed by atoms with Gasteiger partial charge in [-0.05, 0) is 51.2 Å². The predicted molar refractivity (Wildman–Crippen MR) is 77.2 cm³/mol. The fourth-order valence-electron chi connectivity index (χ4n) is 2.16. The number of likely N-dealkylation sites (tertiary alicyclic amines) is 1. The Morgan fingerprint density at radius 2 is 2.11 bits per heavy atom. The van der Waals surface area contributed by atoms with Gasteiger partial charge in [-0.15, -0.1) is 0 Å². The number of piperidine rings is 1. The van der Waals surface area contributed by atoms with Crippen LogP contribution in [-0.4, -0.2) is 55.3 Å². The van der Waals surface area contributed by atoms with Gasteiger partial charge < -0.3 is 15.0 Å². The third-order valence-corrected chi connectivity index (χ3v) is 3.93. The number of carbonyl (C=O) groups is 1. The van der Waals surface area contributed by atoms with Crippen molar-refractivity contribution in [2.24, 2.45) is 0 Å². The number of nitrogens with zero attached hydrogens (tertiary/aromatic N) is 1. The van der Waals surface area contributed by atoms with E-state index in [0.29, 0.717) is 12.6 Å². The van der Waals surface area contributed by atoms with E-state index in [4.69, 9.17) is 4.74 Å². The van der Waals surface area contributed by atoms with Gasteiger partial charge in [0.1, 0.15) is 0 Å². The zero-order valence-electron chi connectivity index (χ0n) is 11.6. The summed E-state index contributed by atoms with van der Waals surface area (Å²) in [6.45, 7) is 5.06. The van der Waals surface area contributed by atoms with E-state index in [-0.39, 0.29) is 6.09 Å². The van der Waals surface area contributed by atoms with Crippen LogP contribution in [0.3, 0.4) is 0 Å². The number of unbranched alkanes of at least 4 members (excludes halogenated alkanes) is 1. The molecular formula is C13H26N2O2S. The smallest absolute Gasteiger partial charge is 0.409 e. The first-order valence-electron chi connectivity index (χ1n) is 6.92. The SMILES string of the molecule is CCOC(=O)N1CCC(NCCCCSC)CC1. The van der Waals surface area contributed by atoms with Crippen molar-refractivity contribution >= 4 is 17.9 Å². The fraction of sp³-hybridized carbons (Fsp3) is 0.923. The summed E-state index contributed by atoms with van der Waals surface area (Å²) in [5.41, 5.74) is 0. The Kier molecular flexibility index (Phi) is 8.25. The van der Waals surface area contributed by atoms with Gasteiger partial charge in [0.05, 0.1) is 6.61 Å². The third kappa shape index (κ3) is 5.96. The predicted octanol–water partition coefficient (Wildman–Crippen LogP) is 2.34. The molecule has 0 aromatic heterocycles. The maximum Gasteiger partial charge on any atom is 0.409 e. The van der Waals surface area contributed by atoms with Crippen molar-refractivity contribution in [1.29, 1.82) is 0 Å². The van der Waals surface area contributed by atoms with E-state index in [2.05, 4.69) is 11.6 Å². The monoisotopic (exact) mass is 274 g/mol. The molecule has 0 radical (unpaired) electrons. The Labute approximate surface area is 115 Å². The molecule has 1 amide bonds. The summed E-state index contributed by atoms with van der Waals surface area (Å²) in [7, 11) is 0. The minimum Gasteiger partial charge on any atom is -0.450 e. The van der Waals surface area contributed by atoms with Crippen LogP contribution in [0, 0.1) is 0 Å². The summed E-state index contributed by atoms with van der Waals surface area (Å²) >= 11 is 1.91. The highest BCUT2D eigenvalue weighted by molar-refractivity contribution is 7.98. The highest BCUT2D eigenvalue weighted by Gasteiger charge is 2.22. The lowest BCUT2D eigenvalue weighted by atomic mass is 10.1. The van der Waals surface area contributed by atoms with E-state index in [1.54, 1.807) is 0 Å².